The Kier molecular flexibility index (Phi) is 5.41. The summed E-state index contributed by atoms with van der Waals surface area (Å²) in [4.78, 5) is 15.7. The average molecular weight is 455 g/mol. The van der Waals surface area contributed by atoms with Crippen LogP contribution in [0.15, 0.2) is 60.9 Å². The second-order valence-corrected chi connectivity index (χ2v) is 9.79. The highest BCUT2D eigenvalue weighted by Crippen LogP contribution is 2.33. The van der Waals surface area contributed by atoms with E-state index < -0.39 is 0 Å². The number of benzene rings is 2. The van der Waals surface area contributed by atoms with E-state index in [0.717, 1.165) is 41.4 Å². The van der Waals surface area contributed by atoms with Gasteiger partial charge in [0.1, 0.15) is 0 Å². The molecule has 2 aliphatic rings. The normalized spacial score (nSPS) is 22.7. The molecule has 1 amide bonds. The van der Waals surface area contributed by atoms with Crippen LogP contribution in [0.1, 0.15) is 48.2 Å². The van der Waals surface area contributed by atoms with Gasteiger partial charge in [0, 0.05) is 35.3 Å². The van der Waals surface area contributed by atoms with E-state index >= 15 is 0 Å². The summed E-state index contributed by atoms with van der Waals surface area (Å²) in [6, 6.07) is 17.7. The molecule has 7 nitrogen and oxygen atoms in total. The van der Waals surface area contributed by atoms with Crippen molar-refractivity contribution in [1.82, 2.24) is 30.2 Å². The minimum Gasteiger partial charge on any atom is -0.348 e. The number of carbonyl (C=O) groups is 1. The van der Waals surface area contributed by atoms with Crippen LogP contribution in [0.5, 0.6) is 0 Å². The molecule has 2 aromatic carbocycles. The minimum absolute atomic E-state index is 0.0872. The van der Waals surface area contributed by atoms with Crippen molar-refractivity contribution in [3.8, 4) is 11.1 Å². The number of nitrogens with zero attached hydrogens (tertiary/aromatic N) is 4. The van der Waals surface area contributed by atoms with Gasteiger partial charge in [0.2, 0.25) is 0 Å². The number of aromatic nitrogens is 4. The van der Waals surface area contributed by atoms with Gasteiger partial charge in [-0.25, -0.2) is 0 Å². The van der Waals surface area contributed by atoms with E-state index in [1.165, 1.54) is 24.8 Å². The summed E-state index contributed by atoms with van der Waals surface area (Å²) in [5, 5.41) is 16.1. The topological polar surface area (TPSA) is 78.8 Å². The number of carbonyl (C=O) groups excluding carboxylic acids is 1. The Morgan fingerprint density at radius 1 is 1.09 bits per heavy atom. The Balaban J connectivity index is 1.21. The molecule has 34 heavy (non-hydrogen) atoms. The van der Waals surface area contributed by atoms with Gasteiger partial charge >= 0.3 is 0 Å². The lowest BCUT2D eigenvalue weighted by Gasteiger charge is -2.47. The molecule has 2 unspecified atom stereocenters. The van der Waals surface area contributed by atoms with Gasteiger partial charge in [-0.3, -0.25) is 14.6 Å². The molecule has 2 aromatic heterocycles. The Morgan fingerprint density at radius 2 is 1.88 bits per heavy atom. The molecule has 0 aliphatic carbocycles. The standard InChI is InChI=1S/C27H30N6O/c1-32-22-8-5-9-23(32)14-21(13-22)29-27(34)26-24-12-19(10-11-25(24)30-31-26)20-15-28-33(17-20)16-18-6-3-2-4-7-18/h2-4,6-7,10-12,15,17,21-23H,5,8-9,13-14,16H2,1H3,(H,29,34)(H,30,31). The van der Waals surface area contributed by atoms with Crippen LogP contribution >= 0.6 is 0 Å². The molecule has 4 aromatic rings. The van der Waals surface area contributed by atoms with Gasteiger partial charge in [0.15, 0.2) is 5.69 Å². The lowest BCUT2D eigenvalue weighted by molar-refractivity contribution is 0.0462. The van der Waals surface area contributed by atoms with Gasteiger partial charge in [0.05, 0.1) is 18.3 Å². The molecule has 2 aliphatic heterocycles. The molecule has 6 rings (SSSR count). The van der Waals surface area contributed by atoms with Crippen LogP contribution in [0.3, 0.4) is 0 Å². The molecular weight excluding hydrogens is 424 g/mol. The van der Waals surface area contributed by atoms with Crippen LogP contribution < -0.4 is 5.32 Å². The summed E-state index contributed by atoms with van der Waals surface area (Å²) < 4.78 is 1.94. The third-order valence-corrected chi connectivity index (χ3v) is 7.61. The number of piperidine rings is 2. The van der Waals surface area contributed by atoms with Gasteiger partial charge in [0.25, 0.3) is 5.91 Å². The van der Waals surface area contributed by atoms with Crippen LogP contribution in [-0.2, 0) is 6.54 Å². The fraction of sp³-hybridized carbons (Fsp3) is 0.370. The van der Waals surface area contributed by atoms with Crippen LogP contribution in [-0.4, -0.2) is 56.0 Å². The molecule has 0 radical (unpaired) electrons. The summed E-state index contributed by atoms with van der Waals surface area (Å²) in [6.45, 7) is 0.723. The van der Waals surface area contributed by atoms with Gasteiger partial charge in [-0.1, -0.05) is 42.8 Å². The van der Waals surface area contributed by atoms with Crippen molar-refractivity contribution < 1.29 is 4.79 Å². The molecule has 174 valence electrons. The van der Waals surface area contributed by atoms with E-state index in [0.29, 0.717) is 17.8 Å². The zero-order valence-corrected chi connectivity index (χ0v) is 19.4. The monoisotopic (exact) mass is 454 g/mol. The van der Waals surface area contributed by atoms with Crippen molar-refractivity contribution in [2.24, 2.45) is 0 Å². The van der Waals surface area contributed by atoms with Crippen molar-refractivity contribution in [2.75, 3.05) is 7.05 Å². The summed E-state index contributed by atoms with van der Waals surface area (Å²) >= 11 is 0. The van der Waals surface area contributed by atoms with E-state index in [-0.39, 0.29) is 11.9 Å². The molecule has 2 saturated heterocycles. The molecule has 2 atom stereocenters. The molecule has 2 bridgehead atoms. The smallest absolute Gasteiger partial charge is 0.272 e. The highest BCUT2D eigenvalue weighted by molar-refractivity contribution is 6.05. The maximum absolute atomic E-state index is 13.2. The lowest BCUT2D eigenvalue weighted by Crippen LogP contribution is -2.55. The van der Waals surface area contributed by atoms with Gasteiger partial charge in [-0.15, -0.1) is 0 Å². The lowest BCUT2D eigenvalue weighted by atomic mass is 9.82. The summed E-state index contributed by atoms with van der Waals surface area (Å²) in [6.07, 6.45) is 9.72. The summed E-state index contributed by atoms with van der Waals surface area (Å²) in [7, 11) is 2.23. The minimum atomic E-state index is -0.0872. The van der Waals surface area contributed by atoms with Crippen LogP contribution in [0.2, 0.25) is 0 Å². The van der Waals surface area contributed by atoms with Gasteiger partial charge in [-0.2, -0.15) is 10.2 Å². The first-order valence-corrected chi connectivity index (χ1v) is 12.2. The van der Waals surface area contributed by atoms with Crippen LogP contribution in [0.4, 0.5) is 0 Å². The predicted octanol–water partition coefficient (Wildman–Crippen LogP) is 4.22. The number of hydrogen-bond acceptors (Lipinski definition) is 4. The van der Waals surface area contributed by atoms with E-state index in [4.69, 9.17) is 0 Å². The Hall–Kier alpha value is -3.45. The highest BCUT2D eigenvalue weighted by Gasteiger charge is 2.36. The van der Waals surface area contributed by atoms with Crippen molar-refractivity contribution in [3.63, 3.8) is 0 Å². The van der Waals surface area contributed by atoms with E-state index in [1.807, 2.05) is 53.5 Å². The first kappa shape index (κ1) is 21.1. The zero-order chi connectivity index (χ0) is 23.1. The molecule has 0 spiro atoms. The quantitative estimate of drug-likeness (QED) is 0.473. The molecule has 2 N–H and O–H groups in total. The fourth-order valence-corrected chi connectivity index (χ4v) is 5.72. The fourth-order valence-electron chi connectivity index (χ4n) is 5.72. The Morgan fingerprint density at radius 3 is 2.68 bits per heavy atom. The predicted molar refractivity (Wildman–Crippen MR) is 133 cm³/mol. The van der Waals surface area contributed by atoms with Crippen molar-refractivity contribution in [2.45, 2.75) is 56.8 Å². The van der Waals surface area contributed by atoms with Crippen LogP contribution in [0, 0.1) is 0 Å². The maximum atomic E-state index is 13.2. The number of H-pyrrole nitrogens is 1. The third kappa shape index (κ3) is 4.01. The number of fused-ring (bicyclic) bond motifs is 3. The summed E-state index contributed by atoms with van der Waals surface area (Å²) in [5.74, 6) is -0.0872. The molecule has 4 heterocycles. The highest BCUT2D eigenvalue weighted by atomic mass is 16.2. The van der Waals surface area contributed by atoms with Crippen molar-refractivity contribution in [3.05, 3.63) is 72.2 Å². The zero-order valence-electron chi connectivity index (χ0n) is 19.4. The van der Waals surface area contributed by atoms with Crippen LogP contribution in [0.25, 0.3) is 22.0 Å². The van der Waals surface area contributed by atoms with E-state index in [1.54, 1.807) is 0 Å². The van der Waals surface area contributed by atoms with Gasteiger partial charge in [-0.05, 0) is 56.0 Å². The average Bonchev–Trinajstić information content (AvgIpc) is 3.47. The second-order valence-electron chi connectivity index (χ2n) is 9.79. The van der Waals surface area contributed by atoms with E-state index in [9.17, 15) is 4.79 Å². The maximum Gasteiger partial charge on any atom is 0.272 e. The number of rotatable bonds is 5. The second kappa shape index (κ2) is 8.72. The summed E-state index contributed by atoms with van der Waals surface area (Å²) in [5.41, 5.74) is 4.59. The van der Waals surface area contributed by atoms with E-state index in [2.05, 4.69) is 44.7 Å². The van der Waals surface area contributed by atoms with Crippen molar-refractivity contribution >= 4 is 16.8 Å². The first-order chi connectivity index (χ1) is 16.6. The van der Waals surface area contributed by atoms with Crippen molar-refractivity contribution in [1.29, 1.82) is 0 Å². The first-order valence-electron chi connectivity index (χ1n) is 12.2. The molecule has 7 heteroatoms. The number of hydrogen-bond donors (Lipinski definition) is 2. The third-order valence-electron chi connectivity index (χ3n) is 7.61. The number of amides is 1. The Labute approximate surface area is 199 Å². The number of nitrogens with one attached hydrogen (secondary N) is 2. The number of aromatic amines is 1. The molecule has 0 saturated carbocycles. The Bertz CT molecular complexity index is 1300. The SMILES string of the molecule is CN1C2CCCC1CC(NC(=O)c1n[nH]c3ccc(-c4cnn(Cc5ccccc5)c4)cc13)C2. The molecular formula is C27H30N6O. The van der Waals surface area contributed by atoms with Gasteiger partial charge < -0.3 is 10.2 Å². The largest absolute Gasteiger partial charge is 0.348 e. The molecule has 2 fully saturated rings.